The molecule has 0 aromatic heterocycles. The first-order valence-corrected chi connectivity index (χ1v) is 12.5. The van der Waals surface area contributed by atoms with Crippen molar-refractivity contribution in [3.63, 3.8) is 0 Å². The van der Waals surface area contributed by atoms with E-state index in [2.05, 4.69) is 5.32 Å². The number of rotatable bonds is 11. The quantitative estimate of drug-likeness (QED) is 0.293. The number of carbonyl (C=O) groups excluding carboxylic acids is 2. The molecule has 9 heteroatoms. The summed E-state index contributed by atoms with van der Waals surface area (Å²) in [5.41, 5.74) is 2.68. The van der Waals surface area contributed by atoms with E-state index in [1.165, 1.54) is 23.9 Å². The van der Waals surface area contributed by atoms with Gasteiger partial charge in [0.15, 0.2) is 0 Å². The van der Waals surface area contributed by atoms with Crippen LogP contribution in [0.3, 0.4) is 0 Å². The first-order chi connectivity index (χ1) is 16.9. The molecular formula is C26H26ClN3O4S. The van der Waals surface area contributed by atoms with Crippen molar-refractivity contribution < 1.29 is 14.5 Å². The van der Waals surface area contributed by atoms with Crippen LogP contribution in [0.15, 0.2) is 78.9 Å². The first-order valence-electron chi connectivity index (χ1n) is 11.0. The maximum absolute atomic E-state index is 13.4. The maximum Gasteiger partial charge on any atom is 0.269 e. The number of nitro groups is 1. The lowest BCUT2D eigenvalue weighted by atomic mass is 10.0. The summed E-state index contributed by atoms with van der Waals surface area (Å²) in [6.07, 6.45) is 0.375. The molecule has 182 valence electrons. The Hall–Kier alpha value is -3.36. The molecule has 0 fully saturated rings. The lowest BCUT2D eigenvalue weighted by Gasteiger charge is -2.31. The zero-order chi connectivity index (χ0) is 25.2. The van der Waals surface area contributed by atoms with Crippen molar-refractivity contribution in [2.24, 2.45) is 0 Å². The second kappa shape index (κ2) is 12.9. The van der Waals surface area contributed by atoms with E-state index >= 15 is 0 Å². The Labute approximate surface area is 213 Å². The molecule has 2 amide bonds. The fraction of sp³-hybridized carbons (Fsp3) is 0.231. The molecule has 3 rings (SSSR count). The fourth-order valence-corrected chi connectivity index (χ4v) is 4.69. The molecule has 3 aromatic carbocycles. The molecule has 35 heavy (non-hydrogen) atoms. The Bertz CT molecular complexity index is 1160. The van der Waals surface area contributed by atoms with Crippen molar-refractivity contribution in [1.29, 1.82) is 0 Å². The number of amides is 2. The number of benzene rings is 3. The zero-order valence-electron chi connectivity index (χ0n) is 19.2. The van der Waals surface area contributed by atoms with E-state index in [0.717, 1.165) is 16.7 Å². The van der Waals surface area contributed by atoms with E-state index in [4.69, 9.17) is 11.6 Å². The van der Waals surface area contributed by atoms with Crippen LogP contribution in [0.25, 0.3) is 0 Å². The highest BCUT2D eigenvalue weighted by molar-refractivity contribution is 7.99. The highest BCUT2D eigenvalue weighted by Crippen LogP contribution is 2.21. The minimum Gasteiger partial charge on any atom is -0.357 e. The number of non-ortho nitro benzene ring substituents is 1. The summed E-state index contributed by atoms with van der Waals surface area (Å²) in [5.74, 6) is 0.240. The average molecular weight is 512 g/mol. The van der Waals surface area contributed by atoms with Gasteiger partial charge in [-0.05, 0) is 28.8 Å². The van der Waals surface area contributed by atoms with Crippen LogP contribution in [-0.4, -0.2) is 40.5 Å². The Morgan fingerprint density at radius 3 is 2.31 bits per heavy atom. The third kappa shape index (κ3) is 7.83. The van der Waals surface area contributed by atoms with E-state index in [-0.39, 0.29) is 29.8 Å². The topological polar surface area (TPSA) is 92.6 Å². The van der Waals surface area contributed by atoms with Crippen LogP contribution in [0.5, 0.6) is 0 Å². The van der Waals surface area contributed by atoms with Gasteiger partial charge < -0.3 is 10.2 Å². The first kappa shape index (κ1) is 26.2. The molecule has 1 atom stereocenters. The van der Waals surface area contributed by atoms with Crippen LogP contribution >= 0.6 is 23.4 Å². The van der Waals surface area contributed by atoms with Gasteiger partial charge in [0.2, 0.25) is 11.8 Å². The Kier molecular flexibility index (Phi) is 9.69. The third-order valence-electron chi connectivity index (χ3n) is 5.40. The van der Waals surface area contributed by atoms with E-state index < -0.39 is 11.0 Å². The van der Waals surface area contributed by atoms with E-state index in [1.807, 2.05) is 42.5 Å². The van der Waals surface area contributed by atoms with Crippen molar-refractivity contribution in [3.8, 4) is 0 Å². The van der Waals surface area contributed by atoms with Crippen LogP contribution in [0, 0.1) is 10.1 Å². The molecule has 7 nitrogen and oxygen atoms in total. The predicted molar refractivity (Wildman–Crippen MR) is 139 cm³/mol. The molecule has 3 aromatic rings. The Morgan fingerprint density at radius 1 is 1.00 bits per heavy atom. The number of hydrogen-bond acceptors (Lipinski definition) is 5. The van der Waals surface area contributed by atoms with Gasteiger partial charge in [0.05, 0.1) is 10.7 Å². The molecule has 0 saturated carbocycles. The highest BCUT2D eigenvalue weighted by atomic mass is 35.5. The summed E-state index contributed by atoms with van der Waals surface area (Å²) in [5, 5.41) is 14.1. The molecule has 0 aliphatic rings. The summed E-state index contributed by atoms with van der Waals surface area (Å²) in [6, 6.07) is 22.4. The van der Waals surface area contributed by atoms with E-state index in [1.54, 1.807) is 36.2 Å². The number of carbonyl (C=O) groups is 2. The predicted octanol–water partition coefficient (Wildman–Crippen LogP) is 4.87. The van der Waals surface area contributed by atoms with Crippen molar-refractivity contribution in [3.05, 3.63) is 111 Å². The van der Waals surface area contributed by atoms with Gasteiger partial charge in [0.25, 0.3) is 5.69 Å². The number of halogens is 1. The number of nitrogens with zero attached hydrogens (tertiary/aromatic N) is 2. The second-order valence-electron chi connectivity index (χ2n) is 7.89. The summed E-state index contributed by atoms with van der Waals surface area (Å²) < 4.78 is 0. The standard InChI is InChI=1S/C26H26ClN3O4S/c1-28-26(32)24(15-19-6-3-2-4-7-19)29(16-21-8-5-9-22(27)14-21)25(31)18-35-17-20-10-12-23(13-11-20)30(33)34/h2-14,24H,15-18H2,1H3,(H,28,32)/t24-/m0/s1. The number of thioether (sulfide) groups is 1. The normalized spacial score (nSPS) is 11.5. The summed E-state index contributed by atoms with van der Waals surface area (Å²) >= 11 is 7.56. The van der Waals surface area contributed by atoms with Crippen molar-refractivity contribution in [1.82, 2.24) is 10.2 Å². The largest absolute Gasteiger partial charge is 0.357 e. The molecule has 0 aliphatic heterocycles. The van der Waals surface area contributed by atoms with Crippen LogP contribution in [-0.2, 0) is 28.3 Å². The van der Waals surface area contributed by atoms with Crippen molar-refractivity contribution in [2.45, 2.75) is 24.8 Å². The van der Waals surface area contributed by atoms with E-state index in [0.29, 0.717) is 17.2 Å². The molecule has 1 N–H and O–H groups in total. The number of nitrogens with one attached hydrogen (secondary N) is 1. The molecule has 0 unspecified atom stereocenters. The van der Waals surface area contributed by atoms with Crippen LogP contribution in [0.2, 0.25) is 5.02 Å². The van der Waals surface area contributed by atoms with Gasteiger partial charge in [0, 0.05) is 42.9 Å². The SMILES string of the molecule is CNC(=O)[C@H](Cc1ccccc1)N(Cc1cccc(Cl)c1)C(=O)CSCc1ccc([N+](=O)[O-])cc1. The summed E-state index contributed by atoms with van der Waals surface area (Å²) in [4.78, 5) is 38.3. The Morgan fingerprint density at radius 2 is 1.69 bits per heavy atom. The van der Waals surface area contributed by atoms with Crippen molar-refractivity contribution in [2.75, 3.05) is 12.8 Å². The van der Waals surface area contributed by atoms with Crippen LogP contribution in [0.4, 0.5) is 5.69 Å². The lowest BCUT2D eigenvalue weighted by molar-refractivity contribution is -0.384. The summed E-state index contributed by atoms with van der Waals surface area (Å²) in [7, 11) is 1.56. The smallest absolute Gasteiger partial charge is 0.269 e. The molecular weight excluding hydrogens is 486 g/mol. The van der Waals surface area contributed by atoms with Crippen molar-refractivity contribution >= 4 is 40.9 Å². The maximum atomic E-state index is 13.4. The van der Waals surface area contributed by atoms with Crippen LogP contribution in [0.1, 0.15) is 16.7 Å². The molecule has 0 saturated heterocycles. The fourth-order valence-electron chi connectivity index (χ4n) is 3.61. The molecule has 0 bridgehead atoms. The van der Waals surface area contributed by atoms with E-state index in [9.17, 15) is 19.7 Å². The second-order valence-corrected chi connectivity index (χ2v) is 9.31. The molecule has 0 aliphatic carbocycles. The average Bonchev–Trinajstić information content (AvgIpc) is 2.86. The number of likely N-dealkylation sites (N-methyl/N-ethyl adjacent to an activating group) is 1. The number of hydrogen-bond donors (Lipinski definition) is 1. The van der Waals surface area contributed by atoms with Gasteiger partial charge in [0.1, 0.15) is 6.04 Å². The monoisotopic (exact) mass is 511 g/mol. The Balaban J connectivity index is 1.78. The highest BCUT2D eigenvalue weighted by Gasteiger charge is 2.29. The van der Waals surface area contributed by atoms with Gasteiger partial charge in [-0.3, -0.25) is 19.7 Å². The van der Waals surface area contributed by atoms with Gasteiger partial charge in [-0.1, -0.05) is 66.2 Å². The minimum absolute atomic E-state index is 0.0249. The number of nitro benzene ring substituents is 1. The summed E-state index contributed by atoms with van der Waals surface area (Å²) in [6.45, 7) is 0.238. The minimum atomic E-state index is -0.700. The molecule has 0 heterocycles. The molecule has 0 spiro atoms. The van der Waals surface area contributed by atoms with Gasteiger partial charge in [-0.25, -0.2) is 0 Å². The van der Waals surface area contributed by atoms with Gasteiger partial charge in [-0.15, -0.1) is 11.8 Å². The molecule has 0 radical (unpaired) electrons. The lowest BCUT2D eigenvalue weighted by Crippen LogP contribution is -2.50. The van der Waals surface area contributed by atoms with Gasteiger partial charge >= 0.3 is 0 Å². The van der Waals surface area contributed by atoms with Crippen LogP contribution < -0.4 is 5.32 Å². The van der Waals surface area contributed by atoms with Gasteiger partial charge in [-0.2, -0.15) is 0 Å². The third-order valence-corrected chi connectivity index (χ3v) is 6.62. The zero-order valence-corrected chi connectivity index (χ0v) is 20.8.